The quantitative estimate of drug-likeness (QED) is 0.614. The molecule has 1 aromatic heterocycles. The molecule has 0 aliphatic carbocycles. The van der Waals surface area contributed by atoms with Crippen molar-refractivity contribution >= 4 is 17.8 Å². The summed E-state index contributed by atoms with van der Waals surface area (Å²) in [5.74, 6) is -2.27. The minimum atomic E-state index is -0.936. The van der Waals surface area contributed by atoms with E-state index in [-0.39, 0.29) is 61.2 Å². The first-order valence-corrected chi connectivity index (χ1v) is 13.1. The SMILES string of the molecule is CC(C)(C)OC(=O)N1CCN2C(=O)c3c(N4CC(O)CC4(C)C)nc(-c4ccccc4F)c(F)c3OCC2C1. The van der Waals surface area contributed by atoms with Gasteiger partial charge in [0.25, 0.3) is 5.91 Å². The maximum Gasteiger partial charge on any atom is 0.410 e. The summed E-state index contributed by atoms with van der Waals surface area (Å²) in [6, 6.07) is 5.14. The topological polar surface area (TPSA) is 95.4 Å². The normalized spacial score (nSPS) is 22.7. The number of aromatic nitrogens is 1. The van der Waals surface area contributed by atoms with Gasteiger partial charge in [0.15, 0.2) is 11.6 Å². The van der Waals surface area contributed by atoms with Crippen LogP contribution in [0, 0.1) is 11.6 Å². The van der Waals surface area contributed by atoms with E-state index >= 15 is 4.39 Å². The van der Waals surface area contributed by atoms with Crippen LogP contribution in [-0.2, 0) is 4.74 Å². The Morgan fingerprint density at radius 3 is 2.54 bits per heavy atom. The van der Waals surface area contributed by atoms with Gasteiger partial charge in [-0.3, -0.25) is 4.79 Å². The summed E-state index contributed by atoms with van der Waals surface area (Å²) in [5.41, 5.74) is -1.71. The van der Waals surface area contributed by atoms with Crippen molar-refractivity contribution in [3.8, 4) is 17.0 Å². The van der Waals surface area contributed by atoms with Gasteiger partial charge in [-0.2, -0.15) is 0 Å². The number of hydrogen-bond donors (Lipinski definition) is 1. The third-order valence-electron chi connectivity index (χ3n) is 7.35. The van der Waals surface area contributed by atoms with E-state index in [1.54, 1.807) is 36.6 Å². The fourth-order valence-corrected chi connectivity index (χ4v) is 5.55. The summed E-state index contributed by atoms with van der Waals surface area (Å²) in [7, 11) is 0. The molecule has 39 heavy (non-hydrogen) atoms. The van der Waals surface area contributed by atoms with Crippen molar-refractivity contribution in [3.05, 3.63) is 41.5 Å². The van der Waals surface area contributed by atoms with Crippen molar-refractivity contribution in [1.29, 1.82) is 0 Å². The van der Waals surface area contributed by atoms with Gasteiger partial charge in [0.05, 0.1) is 12.1 Å². The molecule has 11 heteroatoms. The maximum absolute atomic E-state index is 16.1. The summed E-state index contributed by atoms with van der Waals surface area (Å²) >= 11 is 0. The summed E-state index contributed by atoms with van der Waals surface area (Å²) in [6.45, 7) is 9.77. The molecule has 2 aromatic rings. The first-order valence-electron chi connectivity index (χ1n) is 13.1. The summed E-state index contributed by atoms with van der Waals surface area (Å²) in [6.07, 6.45) is -0.784. The number of halogens is 2. The van der Waals surface area contributed by atoms with Crippen LogP contribution in [-0.4, -0.2) is 88.0 Å². The van der Waals surface area contributed by atoms with Crippen molar-refractivity contribution in [2.45, 2.75) is 64.3 Å². The molecule has 5 rings (SSSR count). The standard InChI is InChI=1S/C28H34F2N4O5/c1-27(2,3)39-26(37)32-10-11-33-16(13-32)15-38-23-20(25(33)36)24(34-14-17(35)12-28(34,4)5)31-22(21(23)30)18-8-6-7-9-19(18)29/h6-9,16-17,35H,10-15H2,1-5H3. The van der Waals surface area contributed by atoms with Gasteiger partial charge in [0.1, 0.15) is 35.1 Å². The van der Waals surface area contributed by atoms with Gasteiger partial charge in [-0.25, -0.2) is 18.6 Å². The molecule has 3 aliphatic rings. The molecule has 2 saturated heterocycles. The van der Waals surface area contributed by atoms with Crippen LogP contribution in [0.25, 0.3) is 11.3 Å². The van der Waals surface area contributed by atoms with E-state index in [1.165, 1.54) is 23.1 Å². The molecule has 2 fully saturated rings. The zero-order valence-corrected chi connectivity index (χ0v) is 22.8. The van der Waals surface area contributed by atoms with E-state index < -0.39 is 46.9 Å². The number of carbonyl (C=O) groups is 2. The summed E-state index contributed by atoms with van der Waals surface area (Å²) in [4.78, 5) is 36.1. The second-order valence-electron chi connectivity index (χ2n) is 12.0. The molecule has 9 nitrogen and oxygen atoms in total. The molecule has 1 N–H and O–H groups in total. The Labute approximate surface area is 226 Å². The highest BCUT2D eigenvalue weighted by Gasteiger charge is 2.45. The lowest BCUT2D eigenvalue weighted by atomic mass is 10.00. The van der Waals surface area contributed by atoms with Crippen LogP contribution in [0.15, 0.2) is 24.3 Å². The molecular formula is C28H34F2N4O5. The number of carbonyl (C=O) groups excluding carboxylic acids is 2. The molecule has 0 spiro atoms. The Hall–Kier alpha value is -3.47. The highest BCUT2D eigenvalue weighted by Crippen LogP contribution is 2.43. The zero-order valence-electron chi connectivity index (χ0n) is 22.8. The predicted molar refractivity (Wildman–Crippen MR) is 140 cm³/mol. The molecular weight excluding hydrogens is 510 g/mol. The molecule has 1 aromatic carbocycles. The monoisotopic (exact) mass is 544 g/mol. The van der Waals surface area contributed by atoms with Crippen LogP contribution >= 0.6 is 0 Å². The molecule has 4 heterocycles. The Morgan fingerprint density at radius 2 is 1.90 bits per heavy atom. The van der Waals surface area contributed by atoms with Crippen molar-refractivity contribution < 1.29 is 33.0 Å². The van der Waals surface area contributed by atoms with Gasteiger partial charge in [0.2, 0.25) is 0 Å². The van der Waals surface area contributed by atoms with Crippen LogP contribution in [0.4, 0.5) is 19.4 Å². The van der Waals surface area contributed by atoms with Gasteiger partial charge in [-0.1, -0.05) is 12.1 Å². The van der Waals surface area contributed by atoms with Gasteiger partial charge in [-0.05, 0) is 53.2 Å². The van der Waals surface area contributed by atoms with Crippen molar-refractivity contribution in [2.24, 2.45) is 0 Å². The molecule has 0 saturated carbocycles. The Kier molecular flexibility index (Phi) is 6.69. The number of ether oxygens (including phenoxy) is 2. The lowest BCUT2D eigenvalue weighted by Crippen LogP contribution is -2.58. The zero-order chi connectivity index (χ0) is 28.3. The second-order valence-corrected chi connectivity index (χ2v) is 12.0. The average molecular weight is 545 g/mol. The number of β-amino-alcohol motifs (C(OH)–C–C–N with tert-alkyl or cyclic N) is 1. The van der Waals surface area contributed by atoms with Gasteiger partial charge >= 0.3 is 6.09 Å². The van der Waals surface area contributed by atoms with Crippen LogP contribution in [0.5, 0.6) is 5.75 Å². The first-order chi connectivity index (χ1) is 18.3. The number of fused-ring (bicyclic) bond motifs is 2. The molecule has 0 radical (unpaired) electrons. The van der Waals surface area contributed by atoms with Crippen molar-refractivity contribution in [1.82, 2.24) is 14.8 Å². The van der Waals surface area contributed by atoms with E-state index in [0.29, 0.717) is 6.42 Å². The molecule has 2 amide bonds. The number of nitrogens with zero attached hydrogens (tertiary/aromatic N) is 4. The molecule has 210 valence electrons. The van der Waals surface area contributed by atoms with Gasteiger partial charge in [0, 0.05) is 37.3 Å². The van der Waals surface area contributed by atoms with E-state index in [4.69, 9.17) is 9.47 Å². The molecule has 2 atom stereocenters. The number of hydrogen-bond acceptors (Lipinski definition) is 7. The lowest BCUT2D eigenvalue weighted by molar-refractivity contribution is 0.000864. The number of benzene rings is 1. The number of pyridine rings is 1. The maximum atomic E-state index is 16.1. The van der Waals surface area contributed by atoms with Crippen molar-refractivity contribution in [2.75, 3.05) is 37.7 Å². The van der Waals surface area contributed by atoms with E-state index in [9.17, 15) is 19.1 Å². The largest absolute Gasteiger partial charge is 0.487 e. The van der Waals surface area contributed by atoms with E-state index in [2.05, 4.69) is 4.98 Å². The highest BCUT2D eigenvalue weighted by molar-refractivity contribution is 6.03. The number of rotatable bonds is 2. The summed E-state index contributed by atoms with van der Waals surface area (Å²) in [5, 5.41) is 10.5. The second kappa shape index (κ2) is 9.62. The Bertz CT molecular complexity index is 1310. The van der Waals surface area contributed by atoms with Gasteiger partial charge in [-0.15, -0.1) is 0 Å². The van der Waals surface area contributed by atoms with Crippen molar-refractivity contribution in [3.63, 3.8) is 0 Å². The first kappa shape index (κ1) is 27.1. The fraction of sp³-hybridized carbons (Fsp3) is 0.536. The number of amides is 2. The third-order valence-corrected chi connectivity index (χ3v) is 7.35. The minimum absolute atomic E-state index is 0.0641. The lowest BCUT2D eigenvalue weighted by Gasteiger charge is -2.40. The predicted octanol–water partition coefficient (Wildman–Crippen LogP) is 3.83. The number of anilines is 1. The molecule has 3 aliphatic heterocycles. The van der Waals surface area contributed by atoms with Crippen LogP contribution in [0.3, 0.4) is 0 Å². The van der Waals surface area contributed by atoms with Crippen LogP contribution in [0.1, 0.15) is 51.4 Å². The van der Waals surface area contributed by atoms with Crippen LogP contribution in [0.2, 0.25) is 0 Å². The number of aliphatic hydroxyl groups is 1. The molecule has 0 bridgehead atoms. The Balaban J connectivity index is 1.59. The fourth-order valence-electron chi connectivity index (χ4n) is 5.55. The summed E-state index contributed by atoms with van der Waals surface area (Å²) < 4.78 is 42.4. The van der Waals surface area contributed by atoms with Crippen LogP contribution < -0.4 is 9.64 Å². The van der Waals surface area contributed by atoms with E-state index in [1.807, 2.05) is 13.8 Å². The smallest absolute Gasteiger partial charge is 0.410 e. The van der Waals surface area contributed by atoms with Gasteiger partial charge < -0.3 is 29.3 Å². The number of piperazine rings is 1. The average Bonchev–Trinajstić information content (AvgIpc) is 3.03. The molecule has 2 unspecified atom stereocenters. The third kappa shape index (κ3) is 4.99. The number of aliphatic hydroxyl groups excluding tert-OH is 1. The van der Waals surface area contributed by atoms with E-state index in [0.717, 1.165) is 0 Å². The highest BCUT2D eigenvalue weighted by atomic mass is 19.1. The Morgan fingerprint density at radius 1 is 1.18 bits per heavy atom. The minimum Gasteiger partial charge on any atom is -0.487 e.